The van der Waals surface area contributed by atoms with Gasteiger partial charge in [-0.25, -0.2) is 15.0 Å². The standard InChI is InChI=1S/C29H34N8O3/c1-15-22(16(2)37(6)35-15)24-32-23-18(11-12-30-25(23)33-24)17-9-10-19-20(8-7-13-39-21(19)14-17)31-27(38)26-34-28(40-36-26)29(3,4)5/h9-12,14,20,26,36H,7-8,13H2,1-6H3,(H,31,38)(H,30,32,33). The lowest BCUT2D eigenvalue weighted by atomic mass is 9.97. The van der Waals surface area contributed by atoms with Crippen LogP contribution in [-0.4, -0.2) is 49.3 Å². The van der Waals surface area contributed by atoms with Crippen molar-refractivity contribution in [1.29, 1.82) is 0 Å². The molecular formula is C29H34N8O3. The number of aryl methyl sites for hydroxylation is 2. The van der Waals surface area contributed by atoms with E-state index in [0.29, 0.717) is 18.2 Å². The molecule has 3 aromatic heterocycles. The smallest absolute Gasteiger partial charge is 0.263 e. The van der Waals surface area contributed by atoms with Crippen molar-refractivity contribution in [2.24, 2.45) is 17.5 Å². The van der Waals surface area contributed by atoms with Gasteiger partial charge in [-0.1, -0.05) is 32.9 Å². The third-order valence-electron chi connectivity index (χ3n) is 7.45. The maximum atomic E-state index is 13.1. The Bertz CT molecular complexity index is 1640. The highest BCUT2D eigenvalue weighted by Crippen LogP contribution is 2.37. The maximum Gasteiger partial charge on any atom is 0.263 e. The Morgan fingerprint density at radius 1 is 1.20 bits per heavy atom. The van der Waals surface area contributed by atoms with Gasteiger partial charge in [0.2, 0.25) is 12.1 Å². The molecule has 0 fully saturated rings. The number of carbonyl (C=O) groups is 1. The third kappa shape index (κ3) is 4.60. The van der Waals surface area contributed by atoms with Crippen molar-refractivity contribution in [1.82, 2.24) is 35.5 Å². The summed E-state index contributed by atoms with van der Waals surface area (Å²) >= 11 is 0. The monoisotopic (exact) mass is 542 g/mol. The molecule has 0 bridgehead atoms. The quantitative estimate of drug-likeness (QED) is 0.351. The lowest BCUT2D eigenvalue weighted by molar-refractivity contribution is -0.125. The number of aromatic amines is 1. The zero-order valence-electron chi connectivity index (χ0n) is 23.6. The van der Waals surface area contributed by atoms with Gasteiger partial charge < -0.3 is 19.9 Å². The molecule has 0 aliphatic carbocycles. The van der Waals surface area contributed by atoms with Crippen LogP contribution in [0.15, 0.2) is 35.5 Å². The highest BCUT2D eigenvalue weighted by Gasteiger charge is 2.34. The predicted molar refractivity (Wildman–Crippen MR) is 152 cm³/mol. The summed E-state index contributed by atoms with van der Waals surface area (Å²) in [5.41, 5.74) is 9.74. The van der Waals surface area contributed by atoms with E-state index >= 15 is 0 Å². The SMILES string of the molecule is Cc1nn(C)c(C)c1-c1nc2nccc(-c3ccc4c(c3)OCCCC4NC(=O)C3N=C(C(C)(C)C)ON3)c2[nH]1. The van der Waals surface area contributed by atoms with Gasteiger partial charge in [0.05, 0.1) is 29.4 Å². The van der Waals surface area contributed by atoms with E-state index < -0.39 is 6.17 Å². The summed E-state index contributed by atoms with van der Waals surface area (Å²) in [5, 5.41) is 7.68. The van der Waals surface area contributed by atoms with Crippen LogP contribution in [0.2, 0.25) is 0 Å². The summed E-state index contributed by atoms with van der Waals surface area (Å²) in [6.45, 7) is 10.6. The number of aliphatic imine (C=N–C) groups is 1. The number of nitrogens with zero attached hydrogens (tertiary/aromatic N) is 5. The molecule has 40 heavy (non-hydrogen) atoms. The molecule has 208 valence electrons. The molecule has 1 aromatic carbocycles. The topological polar surface area (TPSA) is 131 Å². The van der Waals surface area contributed by atoms with Gasteiger partial charge in [0.15, 0.2) is 5.65 Å². The Labute approximate surface area is 232 Å². The average Bonchev–Trinajstić information content (AvgIpc) is 3.59. The molecular weight excluding hydrogens is 508 g/mol. The summed E-state index contributed by atoms with van der Waals surface area (Å²) in [5.74, 6) is 1.77. The number of hydrogen-bond donors (Lipinski definition) is 3. The minimum atomic E-state index is -0.784. The van der Waals surface area contributed by atoms with E-state index in [0.717, 1.165) is 63.6 Å². The molecule has 5 heterocycles. The first-order valence-electron chi connectivity index (χ1n) is 13.5. The fourth-order valence-corrected chi connectivity index (χ4v) is 5.27. The van der Waals surface area contributed by atoms with Crippen LogP contribution in [0, 0.1) is 19.3 Å². The number of hydrogen-bond acceptors (Lipinski definition) is 8. The number of amides is 1. The molecule has 2 atom stereocenters. The molecule has 1 amide bonds. The van der Waals surface area contributed by atoms with Gasteiger partial charge in [0, 0.05) is 35.5 Å². The number of ether oxygens (including phenoxy) is 1. The molecule has 0 saturated heterocycles. The van der Waals surface area contributed by atoms with Crippen molar-refractivity contribution in [3.63, 3.8) is 0 Å². The fraction of sp³-hybridized carbons (Fsp3) is 0.414. The molecule has 0 radical (unpaired) electrons. The summed E-state index contributed by atoms with van der Waals surface area (Å²) in [4.78, 5) is 35.8. The van der Waals surface area contributed by atoms with Crippen molar-refractivity contribution in [3.8, 4) is 28.3 Å². The van der Waals surface area contributed by atoms with Gasteiger partial charge in [-0.05, 0) is 44.4 Å². The number of H-pyrrole nitrogens is 1. The van der Waals surface area contributed by atoms with Crippen LogP contribution in [0.5, 0.6) is 5.75 Å². The number of imidazole rings is 1. The maximum absolute atomic E-state index is 13.1. The van der Waals surface area contributed by atoms with Crippen LogP contribution in [0.25, 0.3) is 33.7 Å². The predicted octanol–water partition coefficient (Wildman–Crippen LogP) is 4.28. The van der Waals surface area contributed by atoms with Crippen LogP contribution >= 0.6 is 0 Å². The highest BCUT2D eigenvalue weighted by molar-refractivity contribution is 5.92. The van der Waals surface area contributed by atoms with Gasteiger partial charge in [0.25, 0.3) is 5.91 Å². The molecule has 2 unspecified atom stereocenters. The van der Waals surface area contributed by atoms with Crippen LogP contribution in [0.4, 0.5) is 0 Å². The Morgan fingerprint density at radius 2 is 2.02 bits per heavy atom. The van der Waals surface area contributed by atoms with E-state index in [9.17, 15) is 4.79 Å². The van der Waals surface area contributed by atoms with Crippen molar-refractivity contribution >= 4 is 23.0 Å². The van der Waals surface area contributed by atoms with E-state index in [1.165, 1.54) is 0 Å². The zero-order valence-corrected chi connectivity index (χ0v) is 23.6. The third-order valence-corrected chi connectivity index (χ3v) is 7.45. The minimum Gasteiger partial charge on any atom is -0.493 e. The minimum absolute atomic E-state index is 0.206. The van der Waals surface area contributed by atoms with E-state index in [1.807, 2.05) is 64.5 Å². The normalized spacial score (nSPS) is 19.0. The molecule has 11 heteroatoms. The second kappa shape index (κ2) is 9.74. The van der Waals surface area contributed by atoms with E-state index in [-0.39, 0.29) is 17.4 Å². The lowest BCUT2D eigenvalue weighted by Crippen LogP contribution is -2.41. The molecule has 3 N–H and O–H groups in total. The van der Waals surface area contributed by atoms with Crippen LogP contribution in [0.3, 0.4) is 0 Å². The number of rotatable bonds is 4. The number of aromatic nitrogens is 5. The second-order valence-corrected chi connectivity index (χ2v) is 11.4. The van der Waals surface area contributed by atoms with Gasteiger partial charge >= 0.3 is 0 Å². The fourth-order valence-electron chi connectivity index (χ4n) is 5.27. The second-order valence-electron chi connectivity index (χ2n) is 11.4. The highest BCUT2D eigenvalue weighted by atomic mass is 16.7. The van der Waals surface area contributed by atoms with Crippen LogP contribution in [-0.2, 0) is 16.7 Å². The molecule has 6 rings (SSSR count). The Balaban J connectivity index is 1.31. The first kappa shape index (κ1) is 26.0. The number of hydroxylamine groups is 1. The lowest BCUT2D eigenvalue weighted by Gasteiger charge is -2.20. The van der Waals surface area contributed by atoms with Gasteiger partial charge in [-0.2, -0.15) is 5.10 Å². The summed E-state index contributed by atoms with van der Waals surface area (Å²) in [6.07, 6.45) is 2.55. The molecule has 0 spiro atoms. The first-order chi connectivity index (χ1) is 19.1. The van der Waals surface area contributed by atoms with Crippen molar-refractivity contribution in [3.05, 3.63) is 47.4 Å². The van der Waals surface area contributed by atoms with Gasteiger partial charge in [-0.3, -0.25) is 9.48 Å². The first-order valence-corrected chi connectivity index (χ1v) is 13.5. The van der Waals surface area contributed by atoms with E-state index in [1.54, 1.807) is 6.20 Å². The summed E-state index contributed by atoms with van der Waals surface area (Å²) in [7, 11) is 1.93. The van der Waals surface area contributed by atoms with Crippen LogP contribution < -0.4 is 15.5 Å². The summed E-state index contributed by atoms with van der Waals surface area (Å²) < 4.78 is 8.02. The average molecular weight is 543 g/mol. The number of benzene rings is 1. The molecule has 11 nitrogen and oxygen atoms in total. The summed E-state index contributed by atoms with van der Waals surface area (Å²) in [6, 6.07) is 7.88. The van der Waals surface area contributed by atoms with Gasteiger partial charge in [-0.15, -0.1) is 5.48 Å². The molecule has 0 saturated carbocycles. The Hall–Kier alpha value is -4.25. The van der Waals surface area contributed by atoms with E-state index in [4.69, 9.17) is 14.6 Å². The van der Waals surface area contributed by atoms with Crippen molar-refractivity contribution in [2.45, 2.75) is 59.7 Å². The largest absolute Gasteiger partial charge is 0.493 e. The number of pyridine rings is 1. The van der Waals surface area contributed by atoms with Gasteiger partial charge in [0.1, 0.15) is 11.6 Å². The Morgan fingerprint density at radius 3 is 2.75 bits per heavy atom. The van der Waals surface area contributed by atoms with E-state index in [2.05, 4.69) is 36.9 Å². The van der Waals surface area contributed by atoms with Crippen molar-refractivity contribution in [2.75, 3.05) is 6.61 Å². The number of nitrogens with one attached hydrogen (secondary N) is 3. The molecule has 2 aliphatic heterocycles. The molecule has 4 aromatic rings. The number of carbonyl (C=O) groups excluding carboxylic acids is 1. The zero-order chi connectivity index (χ0) is 28.2. The van der Waals surface area contributed by atoms with Crippen molar-refractivity contribution < 1.29 is 14.4 Å². The molecule has 2 aliphatic rings. The Kier molecular flexibility index (Phi) is 6.33. The number of fused-ring (bicyclic) bond motifs is 2. The van der Waals surface area contributed by atoms with Crippen LogP contribution in [0.1, 0.15) is 56.6 Å².